The van der Waals surface area contributed by atoms with Crippen LogP contribution < -0.4 is 10.4 Å². The van der Waals surface area contributed by atoms with Crippen LogP contribution in [0.1, 0.15) is 0 Å². The Balaban J connectivity index is 2.02. The van der Waals surface area contributed by atoms with Crippen LogP contribution in [0.3, 0.4) is 0 Å². The number of hydrogen-bond acceptors (Lipinski definition) is 5. The quantitative estimate of drug-likeness (QED) is 0.819. The van der Waals surface area contributed by atoms with Crippen LogP contribution >= 0.6 is 0 Å². The first-order chi connectivity index (χ1) is 11.1. The van der Waals surface area contributed by atoms with Crippen molar-refractivity contribution >= 4 is 17.3 Å². The number of carbonyl (C=O) groups is 1. The van der Waals surface area contributed by atoms with Crippen molar-refractivity contribution in [2.45, 2.75) is 6.10 Å². The van der Waals surface area contributed by atoms with Gasteiger partial charge in [0.1, 0.15) is 18.5 Å². The van der Waals surface area contributed by atoms with Gasteiger partial charge in [0.25, 0.3) is 0 Å². The van der Waals surface area contributed by atoms with Gasteiger partial charge in [0, 0.05) is 17.3 Å². The van der Waals surface area contributed by atoms with E-state index in [0.29, 0.717) is 18.4 Å². The van der Waals surface area contributed by atoms with Crippen LogP contribution in [0.15, 0.2) is 48.3 Å². The van der Waals surface area contributed by atoms with Crippen molar-refractivity contribution in [1.82, 2.24) is 4.90 Å². The maximum absolute atomic E-state index is 12.4. The summed E-state index contributed by atoms with van der Waals surface area (Å²) in [5.41, 5.74) is 0.838. The molecule has 1 aliphatic carbocycles. The van der Waals surface area contributed by atoms with E-state index >= 15 is 0 Å². The number of carbonyl (C=O) groups excluding carboxylic acids is 1. The van der Waals surface area contributed by atoms with Gasteiger partial charge >= 0.3 is 5.97 Å². The molecule has 1 N–H and O–H groups in total. The number of benzene rings is 1. The molecule has 0 aromatic heterocycles. The first-order valence-corrected chi connectivity index (χ1v) is 7.47. The first-order valence-electron chi connectivity index (χ1n) is 7.47. The van der Waals surface area contributed by atoms with E-state index in [-0.39, 0.29) is 11.5 Å². The molecule has 0 fully saturated rings. The van der Waals surface area contributed by atoms with Gasteiger partial charge in [0.05, 0.1) is 0 Å². The van der Waals surface area contributed by atoms with Crippen molar-refractivity contribution in [3.05, 3.63) is 58.7 Å². The number of ether oxygens (including phenoxy) is 2. The monoisotopic (exact) mass is 313 g/mol. The average Bonchev–Trinajstić information content (AvgIpc) is 2.53. The van der Waals surface area contributed by atoms with Crippen molar-refractivity contribution in [3.8, 4) is 0 Å². The van der Waals surface area contributed by atoms with Gasteiger partial charge in [-0.1, -0.05) is 24.3 Å². The van der Waals surface area contributed by atoms with E-state index in [1.165, 1.54) is 0 Å². The van der Waals surface area contributed by atoms with Crippen molar-refractivity contribution in [1.29, 1.82) is 0 Å². The maximum atomic E-state index is 12.4. The second-order valence-corrected chi connectivity index (χ2v) is 5.74. The third-order valence-electron chi connectivity index (χ3n) is 3.74. The Morgan fingerprint density at radius 3 is 2.78 bits per heavy atom. The number of esters is 1. The Hall–Kier alpha value is -2.53. The normalized spacial score (nSPS) is 18.9. The van der Waals surface area contributed by atoms with Gasteiger partial charge in [-0.25, -0.2) is 4.79 Å². The van der Waals surface area contributed by atoms with E-state index in [9.17, 15) is 9.90 Å². The summed E-state index contributed by atoms with van der Waals surface area (Å²) < 4.78 is 11.1. The number of likely N-dealkylation sites (N-methyl/N-ethyl adjacent to an activating group) is 1. The predicted octanol–water partition coefficient (Wildman–Crippen LogP) is 0.461. The summed E-state index contributed by atoms with van der Waals surface area (Å²) in [6.45, 7) is 0.955. The van der Waals surface area contributed by atoms with Crippen LogP contribution in [0, 0.1) is 0 Å². The summed E-state index contributed by atoms with van der Waals surface area (Å²) in [5.74, 6) is -0.0790. The van der Waals surface area contributed by atoms with Crippen molar-refractivity contribution in [2.75, 3.05) is 27.2 Å². The summed E-state index contributed by atoms with van der Waals surface area (Å²) in [7, 11) is 3.83. The highest BCUT2D eigenvalue weighted by molar-refractivity contribution is 6.07. The lowest BCUT2D eigenvalue weighted by Gasteiger charge is -2.25. The van der Waals surface area contributed by atoms with Crippen LogP contribution in [0.4, 0.5) is 0 Å². The first kappa shape index (κ1) is 15.4. The fourth-order valence-electron chi connectivity index (χ4n) is 2.58. The molecule has 0 amide bonds. The Morgan fingerprint density at radius 1 is 1.30 bits per heavy atom. The molecule has 1 aliphatic heterocycles. The number of hydrogen-bond donors (Lipinski definition) is 1. The van der Waals surface area contributed by atoms with Gasteiger partial charge in [-0.3, -0.25) is 0 Å². The van der Waals surface area contributed by atoms with Gasteiger partial charge < -0.3 is 19.5 Å². The topological polar surface area (TPSA) is 59.0 Å². The third-order valence-corrected chi connectivity index (χ3v) is 3.74. The van der Waals surface area contributed by atoms with Crippen LogP contribution in [-0.4, -0.2) is 49.3 Å². The zero-order valence-electron chi connectivity index (χ0n) is 13.2. The Kier molecular flexibility index (Phi) is 4.21. The number of fused-ring (bicyclic) bond motifs is 2. The molecule has 1 aromatic rings. The summed E-state index contributed by atoms with van der Waals surface area (Å²) in [5, 5.41) is 11.3. The van der Waals surface area contributed by atoms with Crippen molar-refractivity contribution in [3.63, 3.8) is 0 Å². The smallest absolute Gasteiger partial charge is 0.374 e. The molecule has 5 heteroatoms. The lowest BCUT2D eigenvalue weighted by atomic mass is 9.97. The van der Waals surface area contributed by atoms with Crippen LogP contribution in [0.25, 0.3) is 11.3 Å². The fourth-order valence-corrected chi connectivity index (χ4v) is 2.58. The molecule has 23 heavy (non-hydrogen) atoms. The maximum Gasteiger partial charge on any atom is 0.374 e. The molecule has 0 saturated carbocycles. The van der Waals surface area contributed by atoms with Crippen LogP contribution in [0.5, 0.6) is 0 Å². The molecule has 3 rings (SSSR count). The summed E-state index contributed by atoms with van der Waals surface area (Å²) >= 11 is 0. The number of aliphatic hydroxyl groups excluding tert-OH is 1. The zero-order valence-corrected chi connectivity index (χ0v) is 13.2. The minimum absolute atomic E-state index is 0.173. The Morgan fingerprint density at radius 2 is 2.04 bits per heavy atom. The number of rotatable bonds is 4. The van der Waals surface area contributed by atoms with E-state index in [1.54, 1.807) is 18.2 Å². The largest absolute Gasteiger partial charge is 0.508 e. The van der Waals surface area contributed by atoms with E-state index in [2.05, 4.69) is 0 Å². The minimum atomic E-state index is -0.467. The van der Waals surface area contributed by atoms with Crippen LogP contribution in [-0.2, 0) is 14.3 Å². The van der Waals surface area contributed by atoms with Gasteiger partial charge in [-0.2, -0.15) is 0 Å². The molecule has 2 aliphatic rings. The average molecular weight is 313 g/mol. The lowest BCUT2D eigenvalue weighted by molar-refractivity contribution is -0.139. The fraction of sp³-hybridized carbons (Fsp3) is 0.278. The molecule has 1 unspecified atom stereocenters. The van der Waals surface area contributed by atoms with Gasteiger partial charge in [-0.05, 0) is 37.5 Å². The SMILES string of the molecule is CN(C)CCOC(=O)C1=c2ccccc2=C2C=C(O)C=CC2O1. The molecule has 0 saturated heterocycles. The highest BCUT2D eigenvalue weighted by Gasteiger charge is 2.27. The summed E-state index contributed by atoms with van der Waals surface area (Å²) in [6, 6.07) is 7.48. The second-order valence-electron chi connectivity index (χ2n) is 5.74. The third kappa shape index (κ3) is 3.14. The Bertz CT molecular complexity index is 805. The molecular weight excluding hydrogens is 294 g/mol. The predicted molar refractivity (Wildman–Crippen MR) is 86.7 cm³/mol. The summed E-state index contributed by atoms with van der Waals surface area (Å²) in [6.07, 6.45) is 4.57. The van der Waals surface area contributed by atoms with E-state index < -0.39 is 12.1 Å². The standard InChI is InChI=1S/C18H19NO4/c1-19(2)9-10-22-18(21)17-14-6-4-3-5-13(14)15-11-12(20)7-8-16(15)23-17/h3-8,11,16,20H,9-10H2,1-2H3. The molecular formula is C18H19NO4. The minimum Gasteiger partial charge on any atom is -0.508 e. The molecule has 0 bridgehead atoms. The lowest BCUT2D eigenvalue weighted by Crippen LogP contribution is -2.41. The molecule has 120 valence electrons. The van der Waals surface area contributed by atoms with Gasteiger partial charge in [-0.15, -0.1) is 0 Å². The van der Waals surface area contributed by atoms with Gasteiger partial charge in [0.2, 0.25) is 5.76 Å². The number of aliphatic hydroxyl groups is 1. The van der Waals surface area contributed by atoms with E-state index in [0.717, 1.165) is 10.8 Å². The number of nitrogens with zero attached hydrogens (tertiary/aromatic N) is 1. The second kappa shape index (κ2) is 6.30. The van der Waals surface area contributed by atoms with E-state index in [4.69, 9.17) is 9.47 Å². The molecule has 0 spiro atoms. The van der Waals surface area contributed by atoms with Crippen molar-refractivity contribution < 1.29 is 19.4 Å². The molecule has 0 radical (unpaired) electrons. The highest BCUT2D eigenvalue weighted by atomic mass is 16.6. The molecule has 1 heterocycles. The van der Waals surface area contributed by atoms with Crippen molar-refractivity contribution in [2.24, 2.45) is 0 Å². The van der Waals surface area contributed by atoms with Gasteiger partial charge in [0.15, 0.2) is 0 Å². The van der Waals surface area contributed by atoms with E-state index in [1.807, 2.05) is 43.3 Å². The Labute approximate surface area is 134 Å². The summed E-state index contributed by atoms with van der Waals surface area (Å²) in [4.78, 5) is 14.3. The zero-order chi connectivity index (χ0) is 16.4. The molecule has 1 atom stereocenters. The van der Waals surface area contributed by atoms with Crippen LogP contribution in [0.2, 0.25) is 0 Å². The number of allylic oxidation sites excluding steroid dienone is 1. The molecule has 1 aromatic carbocycles. The highest BCUT2D eigenvalue weighted by Crippen LogP contribution is 2.23. The molecule has 5 nitrogen and oxygen atoms in total.